The van der Waals surface area contributed by atoms with Crippen LogP contribution >= 0.6 is 0 Å². The van der Waals surface area contributed by atoms with Crippen molar-refractivity contribution in [3.63, 3.8) is 0 Å². The van der Waals surface area contributed by atoms with Crippen molar-refractivity contribution in [3.05, 3.63) is 35.9 Å². The molecular weight excluding hydrogens is 747 g/mol. The summed E-state index contributed by atoms with van der Waals surface area (Å²) in [6.45, 7) is 15.4. The lowest BCUT2D eigenvalue weighted by Gasteiger charge is -2.39. The van der Waals surface area contributed by atoms with E-state index in [1.54, 1.807) is 20.8 Å². The predicted octanol–water partition coefficient (Wildman–Crippen LogP) is 4.27. The highest BCUT2D eigenvalue weighted by molar-refractivity contribution is 7.88. The zero-order valence-electron chi connectivity index (χ0n) is 34.7. The third-order valence-electron chi connectivity index (χ3n) is 11.9. The molecule has 1 aliphatic heterocycles. The van der Waals surface area contributed by atoms with Crippen LogP contribution in [0.2, 0.25) is 0 Å². The van der Waals surface area contributed by atoms with Gasteiger partial charge in [0, 0.05) is 32.6 Å². The highest BCUT2D eigenvalue weighted by atomic mass is 32.2. The van der Waals surface area contributed by atoms with Gasteiger partial charge in [0.1, 0.15) is 18.1 Å². The van der Waals surface area contributed by atoms with Crippen LogP contribution in [-0.2, 0) is 35.8 Å². The predicted molar refractivity (Wildman–Crippen MR) is 210 cm³/mol. The number of halogens is 2. The SMILES string of the molecule is CN(C[C@@H](NC(=O)N[C@H](C(=O)N1C[C@H]2[C@@H]([C@H]1C(=O)N[C@@H](CC(F)F)C(=O)N[C@H]1CCCC[C@@H]1OCc1ccccc1)C2(C)C)C(C)(C)C)C(C)(C)C)S(C)(=O)=O. The Bertz CT molecular complexity index is 1670. The van der Waals surface area contributed by atoms with E-state index in [1.165, 1.54) is 11.9 Å². The summed E-state index contributed by atoms with van der Waals surface area (Å²) in [6, 6.07) is 4.12. The average Bonchev–Trinajstić information content (AvgIpc) is 3.39. The van der Waals surface area contributed by atoms with Gasteiger partial charge in [-0.1, -0.05) is 98.6 Å². The van der Waals surface area contributed by atoms with Gasteiger partial charge in [-0.25, -0.2) is 26.3 Å². The van der Waals surface area contributed by atoms with Crippen LogP contribution in [0.1, 0.15) is 93.1 Å². The number of carbonyl (C=O) groups is 4. The van der Waals surface area contributed by atoms with Gasteiger partial charge in [-0.3, -0.25) is 14.4 Å². The summed E-state index contributed by atoms with van der Waals surface area (Å²) in [5.41, 5.74) is -0.746. The van der Waals surface area contributed by atoms with Crippen molar-refractivity contribution in [2.24, 2.45) is 28.1 Å². The zero-order chi connectivity index (χ0) is 42.0. The summed E-state index contributed by atoms with van der Waals surface area (Å²) in [4.78, 5) is 57.4. The van der Waals surface area contributed by atoms with Gasteiger partial charge >= 0.3 is 6.03 Å². The molecule has 2 saturated carbocycles. The standard InChI is InChI=1S/C40H64F2N6O7S/c1-38(2,3)29(22-47(9)56(10,53)54)45-37(52)46-33(39(4,5)6)36(51)48-21-25-31(40(25,7)8)32(48)35(50)44-27(20-30(41)42)34(49)43-26-18-14-15-19-28(26)55-23-24-16-12-11-13-17-24/h11-13,16-17,25-33H,14-15,18-23H2,1-10H3,(H,43,49)(H,44,50)(H2,45,46,52)/t25-,26-,27-,28-,29+,31-,32-,33+/m0/s1. The van der Waals surface area contributed by atoms with Gasteiger partial charge in [0.2, 0.25) is 34.2 Å². The van der Waals surface area contributed by atoms with Crippen LogP contribution < -0.4 is 21.3 Å². The third-order valence-corrected chi connectivity index (χ3v) is 13.2. The van der Waals surface area contributed by atoms with Crippen LogP contribution in [-0.4, -0.2) is 111 Å². The van der Waals surface area contributed by atoms with Crippen molar-refractivity contribution in [3.8, 4) is 0 Å². The van der Waals surface area contributed by atoms with Crippen LogP contribution in [0.4, 0.5) is 13.6 Å². The Hall–Kier alpha value is -3.37. The Kier molecular flexibility index (Phi) is 14.3. The quantitative estimate of drug-likeness (QED) is 0.205. The third kappa shape index (κ3) is 11.4. The highest BCUT2D eigenvalue weighted by Crippen LogP contribution is 2.65. The molecule has 56 heavy (non-hydrogen) atoms. The van der Waals surface area contributed by atoms with Crippen LogP contribution in [0, 0.1) is 28.1 Å². The smallest absolute Gasteiger partial charge is 0.315 e. The number of likely N-dealkylation sites (N-methyl/N-ethyl adjacent to an activating group) is 1. The number of amides is 5. The highest BCUT2D eigenvalue weighted by Gasteiger charge is 2.70. The molecule has 316 valence electrons. The number of sulfonamides is 1. The number of nitrogens with one attached hydrogen (secondary N) is 4. The molecule has 0 aromatic heterocycles. The van der Waals surface area contributed by atoms with Gasteiger partial charge in [0.05, 0.1) is 25.0 Å². The molecule has 1 aromatic carbocycles. The number of alkyl halides is 2. The van der Waals surface area contributed by atoms with E-state index in [0.29, 0.717) is 19.4 Å². The van der Waals surface area contributed by atoms with Gasteiger partial charge in [-0.05, 0) is 46.5 Å². The number of hydrogen-bond donors (Lipinski definition) is 4. The summed E-state index contributed by atoms with van der Waals surface area (Å²) in [5, 5.41) is 11.2. The molecule has 2 aliphatic carbocycles. The fourth-order valence-electron chi connectivity index (χ4n) is 8.08. The van der Waals surface area contributed by atoms with Crippen molar-refractivity contribution < 1.29 is 41.1 Å². The molecule has 0 radical (unpaired) electrons. The summed E-state index contributed by atoms with van der Waals surface area (Å²) < 4.78 is 59.7. The Morgan fingerprint density at radius 2 is 1.59 bits per heavy atom. The maximum atomic E-state index is 14.5. The number of benzene rings is 1. The fraction of sp³-hybridized carbons (Fsp3) is 0.750. The molecule has 4 N–H and O–H groups in total. The fourth-order valence-corrected chi connectivity index (χ4v) is 8.50. The normalized spacial score (nSPS) is 25.2. The number of ether oxygens (including phenoxy) is 1. The summed E-state index contributed by atoms with van der Waals surface area (Å²) in [6.07, 6.45) is -0.0347. The van der Waals surface area contributed by atoms with Gasteiger partial charge < -0.3 is 30.9 Å². The molecule has 4 rings (SSSR count). The zero-order valence-corrected chi connectivity index (χ0v) is 35.5. The first-order valence-corrected chi connectivity index (χ1v) is 21.5. The molecule has 16 heteroatoms. The average molecular weight is 811 g/mol. The van der Waals surface area contributed by atoms with Gasteiger partial charge in [0.15, 0.2) is 0 Å². The Balaban J connectivity index is 1.51. The van der Waals surface area contributed by atoms with Crippen LogP contribution in [0.15, 0.2) is 30.3 Å². The van der Waals surface area contributed by atoms with Crippen molar-refractivity contribution in [1.82, 2.24) is 30.5 Å². The van der Waals surface area contributed by atoms with Crippen molar-refractivity contribution >= 4 is 33.8 Å². The van der Waals surface area contributed by atoms with Crippen LogP contribution in [0.25, 0.3) is 0 Å². The van der Waals surface area contributed by atoms with E-state index in [-0.39, 0.29) is 36.4 Å². The van der Waals surface area contributed by atoms with E-state index in [4.69, 9.17) is 4.74 Å². The minimum atomic E-state index is -3.54. The molecule has 5 amide bonds. The molecule has 3 fully saturated rings. The molecule has 0 bridgehead atoms. The van der Waals surface area contributed by atoms with Crippen molar-refractivity contribution in [2.75, 3.05) is 26.4 Å². The van der Waals surface area contributed by atoms with Crippen molar-refractivity contribution in [1.29, 1.82) is 0 Å². The number of carbonyl (C=O) groups excluding carboxylic acids is 4. The minimum Gasteiger partial charge on any atom is -0.371 e. The largest absolute Gasteiger partial charge is 0.371 e. The summed E-state index contributed by atoms with van der Waals surface area (Å²) in [7, 11) is -2.12. The lowest BCUT2D eigenvalue weighted by atomic mass is 9.85. The monoisotopic (exact) mass is 810 g/mol. The van der Waals surface area contributed by atoms with Crippen LogP contribution in [0.5, 0.6) is 0 Å². The van der Waals surface area contributed by atoms with E-state index >= 15 is 0 Å². The lowest BCUT2D eigenvalue weighted by molar-refractivity contribution is -0.144. The first-order valence-electron chi connectivity index (χ1n) is 19.7. The van der Waals surface area contributed by atoms with Gasteiger partial charge in [-0.15, -0.1) is 0 Å². The molecule has 8 atom stereocenters. The summed E-state index contributed by atoms with van der Waals surface area (Å²) in [5.74, 6) is -2.30. The molecule has 13 nitrogen and oxygen atoms in total. The van der Waals surface area contributed by atoms with Gasteiger partial charge in [-0.2, -0.15) is 0 Å². The Labute approximate surface area is 331 Å². The molecule has 0 unspecified atom stereocenters. The van der Waals surface area contributed by atoms with E-state index in [0.717, 1.165) is 29.0 Å². The summed E-state index contributed by atoms with van der Waals surface area (Å²) >= 11 is 0. The number of likely N-dealkylation sites (tertiary alicyclic amines) is 1. The number of nitrogens with zero attached hydrogens (tertiary/aromatic N) is 2. The van der Waals surface area contributed by atoms with E-state index < -0.39 is 87.7 Å². The topological polar surface area (TPSA) is 166 Å². The molecule has 1 aromatic rings. The van der Waals surface area contributed by atoms with Crippen LogP contribution in [0.3, 0.4) is 0 Å². The number of piperidine rings is 1. The molecular formula is C40H64F2N6O7S. The number of fused-ring (bicyclic) bond motifs is 1. The minimum absolute atomic E-state index is 0.00776. The Morgan fingerprint density at radius 1 is 0.964 bits per heavy atom. The number of urea groups is 1. The maximum Gasteiger partial charge on any atom is 0.315 e. The first-order chi connectivity index (χ1) is 25.8. The second-order valence-electron chi connectivity index (χ2n) is 18.7. The second-order valence-corrected chi connectivity index (χ2v) is 20.8. The molecule has 3 aliphatic rings. The Morgan fingerprint density at radius 3 is 2.16 bits per heavy atom. The lowest BCUT2D eigenvalue weighted by Crippen LogP contribution is -2.63. The molecule has 1 saturated heterocycles. The first kappa shape index (κ1) is 45.3. The second kappa shape index (κ2) is 17.6. The van der Waals surface area contributed by atoms with E-state index in [1.807, 2.05) is 65.0 Å². The molecule has 1 heterocycles. The van der Waals surface area contributed by atoms with Crippen molar-refractivity contribution in [2.45, 2.75) is 137 Å². The van der Waals surface area contributed by atoms with E-state index in [9.17, 15) is 36.4 Å². The number of rotatable bonds is 15. The maximum absolute atomic E-state index is 14.5. The number of hydrogen-bond acceptors (Lipinski definition) is 7. The van der Waals surface area contributed by atoms with E-state index in [2.05, 4.69) is 21.3 Å². The molecule has 0 spiro atoms. The van der Waals surface area contributed by atoms with Gasteiger partial charge in [0.25, 0.3) is 0 Å².